The van der Waals surface area contributed by atoms with E-state index in [4.69, 9.17) is 0 Å². The van der Waals surface area contributed by atoms with E-state index < -0.39 is 0 Å². The Morgan fingerprint density at radius 2 is 1.69 bits per heavy atom. The van der Waals surface area contributed by atoms with Crippen LogP contribution in [0.3, 0.4) is 0 Å². The summed E-state index contributed by atoms with van der Waals surface area (Å²) in [6.45, 7) is 5.85. The summed E-state index contributed by atoms with van der Waals surface area (Å²) in [5, 5.41) is 0. The van der Waals surface area contributed by atoms with Crippen LogP contribution in [0.4, 0.5) is 0 Å². The summed E-state index contributed by atoms with van der Waals surface area (Å²) >= 11 is 0. The molecule has 0 radical (unpaired) electrons. The molecule has 0 bridgehead atoms. The molecule has 0 unspecified atom stereocenters. The Bertz CT molecular complexity index is 257. The molecule has 0 aromatic heterocycles. The predicted octanol–water partition coefficient (Wildman–Crippen LogP) is 2.59. The van der Waals surface area contributed by atoms with Gasteiger partial charge in [0, 0.05) is 6.54 Å². The second kappa shape index (κ2) is 3.93. The van der Waals surface area contributed by atoms with Crippen LogP contribution in [0.5, 0.6) is 0 Å². The maximum absolute atomic E-state index is 2.53. The third-order valence-electron chi connectivity index (χ3n) is 2.73. The zero-order valence-corrected chi connectivity index (χ0v) is 8.29. The molecule has 0 atom stereocenters. The van der Waals surface area contributed by atoms with Gasteiger partial charge in [0.15, 0.2) is 0 Å². The van der Waals surface area contributed by atoms with E-state index in [0.29, 0.717) is 0 Å². The van der Waals surface area contributed by atoms with E-state index in [1.807, 2.05) is 0 Å². The van der Waals surface area contributed by atoms with Crippen molar-refractivity contribution < 1.29 is 0 Å². The average Bonchev–Trinajstić information content (AvgIpc) is 2.62. The zero-order valence-electron chi connectivity index (χ0n) is 8.29. The highest BCUT2D eigenvalue weighted by molar-refractivity contribution is 5.21. The van der Waals surface area contributed by atoms with Gasteiger partial charge >= 0.3 is 0 Å². The minimum atomic E-state index is 1.14. The fraction of sp³-hybridized carbons (Fsp3) is 0.500. The monoisotopic (exact) mass is 175 g/mol. The first-order chi connectivity index (χ1) is 6.34. The quantitative estimate of drug-likeness (QED) is 0.668. The minimum Gasteiger partial charge on any atom is -0.299 e. The van der Waals surface area contributed by atoms with Crippen LogP contribution in [0.1, 0.15) is 24.0 Å². The fourth-order valence-electron chi connectivity index (χ4n) is 1.89. The molecule has 1 aliphatic heterocycles. The van der Waals surface area contributed by atoms with Gasteiger partial charge in [0.05, 0.1) is 0 Å². The zero-order chi connectivity index (χ0) is 9.10. The van der Waals surface area contributed by atoms with E-state index in [1.165, 1.54) is 37.1 Å². The molecule has 2 rings (SSSR count). The van der Waals surface area contributed by atoms with Crippen molar-refractivity contribution in [2.24, 2.45) is 0 Å². The van der Waals surface area contributed by atoms with E-state index >= 15 is 0 Å². The first kappa shape index (κ1) is 8.76. The number of rotatable bonds is 2. The van der Waals surface area contributed by atoms with E-state index in [9.17, 15) is 0 Å². The molecule has 1 aliphatic rings. The summed E-state index contributed by atoms with van der Waals surface area (Å²) in [7, 11) is 0. The number of hydrogen-bond donors (Lipinski definition) is 0. The molecule has 0 aliphatic carbocycles. The lowest BCUT2D eigenvalue weighted by atomic mass is 10.1. The Balaban J connectivity index is 1.97. The Morgan fingerprint density at radius 1 is 1.08 bits per heavy atom. The second-order valence-electron chi connectivity index (χ2n) is 3.97. The van der Waals surface area contributed by atoms with Crippen molar-refractivity contribution in [3.8, 4) is 0 Å². The first-order valence-electron chi connectivity index (χ1n) is 5.12. The second-order valence-corrected chi connectivity index (χ2v) is 3.97. The molecule has 1 saturated heterocycles. The number of nitrogens with zero attached hydrogens (tertiary/aromatic N) is 1. The van der Waals surface area contributed by atoms with Crippen molar-refractivity contribution in [1.82, 2.24) is 4.90 Å². The lowest BCUT2D eigenvalue weighted by Gasteiger charge is -2.14. The minimum absolute atomic E-state index is 1.14. The molecular weight excluding hydrogens is 158 g/mol. The molecule has 0 amide bonds. The molecule has 13 heavy (non-hydrogen) atoms. The van der Waals surface area contributed by atoms with Crippen LogP contribution >= 0.6 is 0 Å². The first-order valence-corrected chi connectivity index (χ1v) is 5.12. The van der Waals surface area contributed by atoms with E-state index in [-0.39, 0.29) is 0 Å². The van der Waals surface area contributed by atoms with Gasteiger partial charge in [-0.3, -0.25) is 4.90 Å². The summed E-state index contributed by atoms with van der Waals surface area (Å²) in [6, 6.07) is 8.89. The van der Waals surface area contributed by atoms with Gasteiger partial charge in [0.1, 0.15) is 0 Å². The van der Waals surface area contributed by atoms with Crippen molar-refractivity contribution in [3.63, 3.8) is 0 Å². The number of hydrogen-bond acceptors (Lipinski definition) is 1. The van der Waals surface area contributed by atoms with Gasteiger partial charge in [0.2, 0.25) is 0 Å². The lowest BCUT2D eigenvalue weighted by Crippen LogP contribution is -2.18. The third kappa shape index (κ3) is 2.31. The van der Waals surface area contributed by atoms with Gasteiger partial charge in [-0.2, -0.15) is 0 Å². The highest BCUT2D eigenvalue weighted by Gasteiger charge is 2.10. The number of benzene rings is 1. The molecule has 70 valence electrons. The van der Waals surface area contributed by atoms with Crippen LogP contribution in [0.2, 0.25) is 0 Å². The maximum atomic E-state index is 2.53. The lowest BCUT2D eigenvalue weighted by molar-refractivity contribution is 0.331. The summed E-state index contributed by atoms with van der Waals surface area (Å²) < 4.78 is 0. The molecule has 0 N–H and O–H groups in total. The maximum Gasteiger partial charge on any atom is 0.0233 e. The van der Waals surface area contributed by atoms with Crippen LogP contribution in [0, 0.1) is 6.92 Å². The molecule has 1 fully saturated rings. The fourth-order valence-corrected chi connectivity index (χ4v) is 1.89. The largest absolute Gasteiger partial charge is 0.299 e. The molecule has 1 aromatic carbocycles. The normalized spacial score (nSPS) is 17.9. The number of likely N-dealkylation sites (tertiary alicyclic amines) is 1. The highest BCUT2D eigenvalue weighted by atomic mass is 15.1. The van der Waals surface area contributed by atoms with Gasteiger partial charge in [-0.25, -0.2) is 0 Å². The van der Waals surface area contributed by atoms with Crippen LogP contribution in [0.15, 0.2) is 24.3 Å². The van der Waals surface area contributed by atoms with Crippen molar-refractivity contribution in [1.29, 1.82) is 0 Å². The molecular formula is C12H17N. The summed E-state index contributed by atoms with van der Waals surface area (Å²) in [5.74, 6) is 0. The molecule has 0 spiro atoms. The third-order valence-corrected chi connectivity index (χ3v) is 2.73. The van der Waals surface area contributed by atoms with E-state index in [1.54, 1.807) is 0 Å². The smallest absolute Gasteiger partial charge is 0.0233 e. The average molecular weight is 175 g/mol. The topological polar surface area (TPSA) is 3.24 Å². The predicted molar refractivity (Wildman–Crippen MR) is 55.7 cm³/mol. The summed E-state index contributed by atoms with van der Waals surface area (Å²) in [6.07, 6.45) is 2.76. The molecule has 1 nitrogen and oxygen atoms in total. The Morgan fingerprint density at radius 3 is 2.31 bits per heavy atom. The standard InChI is InChI=1S/C12H17N/c1-11-4-6-12(7-5-11)10-13-8-2-3-9-13/h4-7H,2-3,8-10H2,1H3. The van der Waals surface area contributed by atoms with Crippen molar-refractivity contribution in [2.75, 3.05) is 13.1 Å². The van der Waals surface area contributed by atoms with Crippen LogP contribution in [-0.4, -0.2) is 18.0 Å². The molecule has 0 saturated carbocycles. The van der Waals surface area contributed by atoms with Crippen LogP contribution in [0.25, 0.3) is 0 Å². The molecule has 1 heteroatoms. The molecule has 1 heterocycles. The van der Waals surface area contributed by atoms with Crippen molar-refractivity contribution in [3.05, 3.63) is 35.4 Å². The van der Waals surface area contributed by atoms with Crippen LogP contribution < -0.4 is 0 Å². The Kier molecular flexibility index (Phi) is 2.65. The van der Waals surface area contributed by atoms with Crippen molar-refractivity contribution in [2.45, 2.75) is 26.3 Å². The van der Waals surface area contributed by atoms with E-state index in [0.717, 1.165) is 6.54 Å². The SMILES string of the molecule is Cc1ccc(CN2CCCC2)cc1. The number of aryl methyl sites for hydroxylation is 1. The van der Waals surface area contributed by atoms with Crippen molar-refractivity contribution >= 4 is 0 Å². The highest BCUT2D eigenvalue weighted by Crippen LogP contribution is 2.12. The molecule has 1 aromatic rings. The van der Waals surface area contributed by atoms with Gasteiger partial charge in [0.25, 0.3) is 0 Å². The van der Waals surface area contributed by atoms with Crippen LogP contribution in [-0.2, 0) is 6.54 Å². The Labute approximate surface area is 80.4 Å². The summed E-state index contributed by atoms with van der Waals surface area (Å²) in [4.78, 5) is 2.53. The Hall–Kier alpha value is -0.820. The van der Waals surface area contributed by atoms with Gasteiger partial charge in [-0.05, 0) is 38.4 Å². The van der Waals surface area contributed by atoms with Gasteiger partial charge in [-0.1, -0.05) is 29.8 Å². The van der Waals surface area contributed by atoms with E-state index in [2.05, 4.69) is 36.1 Å². The van der Waals surface area contributed by atoms with Gasteiger partial charge < -0.3 is 0 Å². The summed E-state index contributed by atoms with van der Waals surface area (Å²) in [5.41, 5.74) is 2.80. The van der Waals surface area contributed by atoms with Gasteiger partial charge in [-0.15, -0.1) is 0 Å².